The zero-order chi connectivity index (χ0) is 17.4. The molecule has 8 nitrogen and oxygen atoms in total. The maximum atomic E-state index is 12.6. The average Bonchev–Trinajstić information content (AvgIpc) is 2.87. The average molecular weight is 333 g/mol. The predicted octanol–water partition coefficient (Wildman–Crippen LogP) is 1.25. The van der Waals surface area contributed by atoms with Crippen molar-refractivity contribution in [1.82, 2.24) is 14.5 Å². The maximum absolute atomic E-state index is 12.6. The number of carboxylic acids is 1. The number of fused-ring (bicyclic) bond motifs is 1. The van der Waals surface area contributed by atoms with Crippen LogP contribution in [0.2, 0.25) is 0 Å². The second-order valence-electron chi connectivity index (χ2n) is 6.28. The molecule has 1 aliphatic rings. The summed E-state index contributed by atoms with van der Waals surface area (Å²) in [4.78, 5) is 42.1. The molecular weight excluding hydrogens is 314 g/mol. The van der Waals surface area contributed by atoms with E-state index in [1.807, 2.05) is 0 Å². The van der Waals surface area contributed by atoms with Gasteiger partial charge in [0.25, 0.3) is 5.56 Å². The monoisotopic (exact) mass is 333 g/mol. The topological polar surface area (TPSA) is 106 Å². The van der Waals surface area contributed by atoms with E-state index in [4.69, 9.17) is 4.42 Å². The number of carbonyl (C=O) groups excluding carboxylic acids is 1. The van der Waals surface area contributed by atoms with Crippen LogP contribution in [0.15, 0.2) is 15.5 Å². The Hall–Kier alpha value is -2.64. The number of furan rings is 1. The largest absolute Gasteiger partial charge is 0.478 e. The minimum absolute atomic E-state index is 0.0230. The van der Waals surface area contributed by atoms with Crippen molar-refractivity contribution in [1.29, 1.82) is 0 Å². The third kappa shape index (κ3) is 2.79. The highest BCUT2D eigenvalue weighted by molar-refractivity contribution is 6.02. The summed E-state index contributed by atoms with van der Waals surface area (Å²) in [5.74, 6) is -0.854. The predicted molar refractivity (Wildman–Crippen MR) is 84.9 cm³/mol. The second kappa shape index (κ2) is 6.10. The van der Waals surface area contributed by atoms with Crippen LogP contribution in [0, 0.1) is 12.8 Å². The number of nitrogens with zero attached hydrogens (tertiary/aromatic N) is 3. The Balaban J connectivity index is 1.94. The van der Waals surface area contributed by atoms with Crippen LogP contribution in [0.5, 0.6) is 0 Å². The Kier molecular flexibility index (Phi) is 4.13. The first-order chi connectivity index (χ1) is 11.4. The summed E-state index contributed by atoms with van der Waals surface area (Å²) < 4.78 is 6.38. The smallest absolute Gasteiger partial charge is 0.340 e. The van der Waals surface area contributed by atoms with Gasteiger partial charge in [-0.15, -0.1) is 0 Å². The van der Waals surface area contributed by atoms with Gasteiger partial charge in [0, 0.05) is 13.1 Å². The minimum Gasteiger partial charge on any atom is -0.478 e. The highest BCUT2D eigenvalue weighted by atomic mass is 16.4. The molecule has 1 fully saturated rings. The van der Waals surface area contributed by atoms with Crippen LogP contribution in [0.1, 0.15) is 35.9 Å². The van der Waals surface area contributed by atoms with Gasteiger partial charge < -0.3 is 14.4 Å². The fraction of sp³-hybridized carbons (Fsp3) is 0.500. The van der Waals surface area contributed by atoms with Crippen LogP contribution in [0.4, 0.5) is 0 Å². The van der Waals surface area contributed by atoms with E-state index >= 15 is 0 Å². The lowest BCUT2D eigenvalue weighted by Gasteiger charge is -2.31. The minimum atomic E-state index is -1.25. The quantitative estimate of drug-likeness (QED) is 0.906. The lowest BCUT2D eigenvalue weighted by atomic mass is 10.0. The molecule has 0 unspecified atom stereocenters. The van der Waals surface area contributed by atoms with Gasteiger partial charge in [-0.25, -0.2) is 9.78 Å². The van der Waals surface area contributed by atoms with Crippen LogP contribution < -0.4 is 5.56 Å². The molecule has 24 heavy (non-hydrogen) atoms. The van der Waals surface area contributed by atoms with Crippen molar-refractivity contribution < 1.29 is 19.1 Å². The molecule has 1 atom stereocenters. The summed E-state index contributed by atoms with van der Waals surface area (Å²) in [5.41, 5.74) is -0.797. The Labute approximate surface area is 137 Å². The summed E-state index contributed by atoms with van der Waals surface area (Å²) in [6, 6.07) is 0. The molecule has 0 bridgehead atoms. The first-order valence-electron chi connectivity index (χ1n) is 7.88. The van der Waals surface area contributed by atoms with Gasteiger partial charge in [-0.3, -0.25) is 14.2 Å². The molecule has 128 valence electrons. The van der Waals surface area contributed by atoms with Crippen molar-refractivity contribution in [3.8, 4) is 0 Å². The molecule has 0 saturated carbocycles. The number of rotatable bonds is 3. The lowest BCUT2D eigenvalue weighted by molar-refractivity contribution is -0.133. The van der Waals surface area contributed by atoms with E-state index in [0.717, 1.165) is 17.4 Å². The Morgan fingerprint density at radius 1 is 1.46 bits per heavy atom. The van der Waals surface area contributed by atoms with Crippen LogP contribution in [-0.2, 0) is 11.3 Å². The van der Waals surface area contributed by atoms with Gasteiger partial charge in [0.2, 0.25) is 11.6 Å². The Bertz CT molecular complexity index is 866. The number of aromatic nitrogens is 2. The Morgan fingerprint density at radius 2 is 2.21 bits per heavy atom. The van der Waals surface area contributed by atoms with E-state index in [-0.39, 0.29) is 34.9 Å². The number of aromatic carboxylic acids is 1. The van der Waals surface area contributed by atoms with E-state index in [9.17, 15) is 19.5 Å². The molecule has 0 aromatic carbocycles. The number of hydrogen-bond donors (Lipinski definition) is 1. The normalized spacial score (nSPS) is 18.1. The first kappa shape index (κ1) is 16.2. The number of piperidine rings is 1. The van der Waals surface area contributed by atoms with Gasteiger partial charge in [-0.05, 0) is 25.7 Å². The van der Waals surface area contributed by atoms with Crippen molar-refractivity contribution in [3.05, 3.63) is 28.0 Å². The number of hydrogen-bond acceptors (Lipinski definition) is 5. The molecule has 8 heteroatoms. The van der Waals surface area contributed by atoms with Crippen LogP contribution in [0.25, 0.3) is 11.1 Å². The van der Waals surface area contributed by atoms with E-state index in [1.165, 1.54) is 13.3 Å². The van der Waals surface area contributed by atoms with Crippen molar-refractivity contribution in [2.45, 2.75) is 33.2 Å². The second-order valence-corrected chi connectivity index (χ2v) is 6.28. The SMILES string of the molecule is Cc1oc2ncn(CC(=O)N3CCC[C@H](C)C3)c(=O)c2c1C(=O)O. The van der Waals surface area contributed by atoms with Crippen molar-refractivity contribution in [2.75, 3.05) is 13.1 Å². The molecule has 1 N–H and O–H groups in total. The van der Waals surface area contributed by atoms with Crippen molar-refractivity contribution in [2.24, 2.45) is 5.92 Å². The number of aryl methyl sites for hydroxylation is 1. The summed E-state index contributed by atoms with van der Waals surface area (Å²) in [7, 11) is 0. The summed E-state index contributed by atoms with van der Waals surface area (Å²) in [5, 5.41) is 9.18. The number of carboxylic acid groups (broad SMARTS) is 1. The number of likely N-dealkylation sites (tertiary alicyclic amines) is 1. The van der Waals surface area contributed by atoms with Gasteiger partial charge in [-0.2, -0.15) is 0 Å². The summed E-state index contributed by atoms with van der Waals surface area (Å²) >= 11 is 0. The third-order valence-corrected chi connectivity index (χ3v) is 4.38. The summed E-state index contributed by atoms with van der Waals surface area (Å²) in [6.07, 6.45) is 3.27. The van der Waals surface area contributed by atoms with Crippen LogP contribution >= 0.6 is 0 Å². The zero-order valence-corrected chi connectivity index (χ0v) is 13.6. The first-order valence-corrected chi connectivity index (χ1v) is 7.88. The maximum Gasteiger partial charge on any atom is 0.340 e. The van der Waals surface area contributed by atoms with E-state index < -0.39 is 11.5 Å². The standard InChI is InChI=1S/C16H19N3O5/c1-9-4-3-5-18(6-9)11(20)7-19-8-17-14-13(15(19)21)12(16(22)23)10(2)24-14/h8-9H,3-7H2,1-2H3,(H,22,23)/t9-/m0/s1. The van der Waals surface area contributed by atoms with E-state index in [0.29, 0.717) is 19.0 Å². The number of carbonyl (C=O) groups is 2. The molecule has 3 rings (SSSR count). The van der Waals surface area contributed by atoms with Gasteiger partial charge in [0.1, 0.15) is 29.6 Å². The molecule has 1 amide bonds. The van der Waals surface area contributed by atoms with Gasteiger partial charge in [0.05, 0.1) is 0 Å². The Morgan fingerprint density at radius 3 is 2.88 bits per heavy atom. The van der Waals surface area contributed by atoms with Crippen LogP contribution in [-0.4, -0.2) is 44.5 Å². The lowest BCUT2D eigenvalue weighted by Crippen LogP contribution is -2.42. The summed E-state index contributed by atoms with van der Waals surface area (Å²) in [6.45, 7) is 4.76. The fourth-order valence-corrected chi connectivity index (χ4v) is 3.17. The molecule has 3 heterocycles. The molecule has 0 aliphatic carbocycles. The zero-order valence-electron chi connectivity index (χ0n) is 13.6. The molecule has 0 spiro atoms. The van der Waals surface area contributed by atoms with E-state index in [2.05, 4.69) is 11.9 Å². The fourth-order valence-electron chi connectivity index (χ4n) is 3.17. The molecule has 2 aromatic heterocycles. The number of amides is 1. The molecule has 2 aromatic rings. The van der Waals surface area contributed by atoms with E-state index in [1.54, 1.807) is 4.90 Å². The molecule has 0 radical (unpaired) electrons. The molecule has 1 aliphatic heterocycles. The van der Waals surface area contributed by atoms with Crippen molar-refractivity contribution in [3.63, 3.8) is 0 Å². The van der Waals surface area contributed by atoms with Gasteiger partial charge >= 0.3 is 5.97 Å². The third-order valence-electron chi connectivity index (χ3n) is 4.38. The van der Waals surface area contributed by atoms with Crippen molar-refractivity contribution >= 4 is 23.0 Å². The van der Waals surface area contributed by atoms with Gasteiger partial charge in [0.15, 0.2) is 0 Å². The van der Waals surface area contributed by atoms with Crippen LogP contribution in [0.3, 0.4) is 0 Å². The van der Waals surface area contributed by atoms with Gasteiger partial charge in [-0.1, -0.05) is 6.92 Å². The molecule has 1 saturated heterocycles. The highest BCUT2D eigenvalue weighted by Crippen LogP contribution is 2.21. The molecular formula is C16H19N3O5. The highest BCUT2D eigenvalue weighted by Gasteiger charge is 2.25.